The number of nitrogens with zero attached hydrogens (tertiary/aromatic N) is 1. The Kier molecular flexibility index (Phi) is 8.02. The number of aromatic nitrogens is 1. The van der Waals surface area contributed by atoms with Crippen LogP contribution in [0.5, 0.6) is 0 Å². The lowest BCUT2D eigenvalue weighted by molar-refractivity contribution is -0.128. The largest absolute Gasteiger partial charge is 0.325 e. The molecule has 1 saturated heterocycles. The number of carbonyl (C=O) groups excluding carboxylic acids is 2. The minimum absolute atomic E-state index is 0. The molecule has 2 aliphatic rings. The van der Waals surface area contributed by atoms with E-state index in [0.29, 0.717) is 22.9 Å². The lowest BCUT2D eigenvalue weighted by Crippen LogP contribution is -2.44. The molecule has 29 heavy (non-hydrogen) atoms. The summed E-state index contributed by atoms with van der Waals surface area (Å²) in [4.78, 5) is 29.3. The number of hydrogen-bond donors (Lipinski definition) is 3. The van der Waals surface area contributed by atoms with Crippen molar-refractivity contribution in [3.8, 4) is 0 Å². The van der Waals surface area contributed by atoms with Crippen LogP contribution in [0.4, 0.5) is 11.4 Å². The molecule has 8 heteroatoms. The SMILES string of the molecule is Cl.Cl.O=C(Nc1cccc(NC(=O)[C@@]23CCCC[C@H]2CNC3)c1)c1ccncc1. The van der Waals surface area contributed by atoms with E-state index < -0.39 is 0 Å². The predicted octanol–water partition coefficient (Wildman–Crippen LogP) is 3.90. The van der Waals surface area contributed by atoms with Crippen LogP contribution < -0.4 is 16.0 Å². The highest BCUT2D eigenvalue weighted by molar-refractivity contribution is 6.04. The van der Waals surface area contributed by atoms with Gasteiger partial charge in [-0.25, -0.2) is 0 Å². The molecule has 3 N–H and O–H groups in total. The number of carbonyl (C=O) groups is 2. The molecule has 2 heterocycles. The first-order valence-corrected chi connectivity index (χ1v) is 9.51. The van der Waals surface area contributed by atoms with Gasteiger partial charge in [0.25, 0.3) is 5.91 Å². The number of amides is 2. The van der Waals surface area contributed by atoms with Crippen LogP contribution in [0, 0.1) is 11.3 Å². The van der Waals surface area contributed by atoms with E-state index in [1.807, 2.05) is 18.2 Å². The second kappa shape index (κ2) is 10.1. The Morgan fingerprint density at radius 2 is 1.76 bits per heavy atom. The minimum atomic E-state index is -0.297. The molecule has 1 aliphatic heterocycles. The highest BCUT2D eigenvalue weighted by atomic mass is 35.5. The zero-order chi connectivity index (χ0) is 18.7. The van der Waals surface area contributed by atoms with Gasteiger partial charge in [0.2, 0.25) is 5.91 Å². The van der Waals surface area contributed by atoms with E-state index >= 15 is 0 Å². The van der Waals surface area contributed by atoms with Crippen LogP contribution >= 0.6 is 24.8 Å². The standard InChI is InChI=1S/C21H24N4O2.2ClH/c26-19(15-7-10-22-11-8-15)24-17-5-3-6-18(12-17)25-20(27)21-9-2-1-4-16(21)13-23-14-21;;/h3,5-8,10-12,16,23H,1-2,4,9,13-14H2,(H,24,26)(H,25,27);2*1H/t16-,21+;;/m0../s1. The summed E-state index contributed by atoms with van der Waals surface area (Å²) in [7, 11) is 0. The molecule has 2 atom stereocenters. The number of fused-ring (bicyclic) bond motifs is 1. The Bertz CT molecular complexity index is 850. The maximum atomic E-state index is 13.1. The van der Waals surface area contributed by atoms with E-state index in [1.54, 1.807) is 30.6 Å². The number of hydrogen-bond acceptors (Lipinski definition) is 4. The van der Waals surface area contributed by atoms with Crippen LogP contribution in [0.3, 0.4) is 0 Å². The van der Waals surface area contributed by atoms with Gasteiger partial charge in [0.15, 0.2) is 0 Å². The van der Waals surface area contributed by atoms with Gasteiger partial charge in [0.05, 0.1) is 5.41 Å². The molecule has 2 aromatic rings. The normalized spacial score (nSPS) is 22.4. The van der Waals surface area contributed by atoms with Gasteiger partial charge >= 0.3 is 0 Å². The van der Waals surface area contributed by atoms with Crippen molar-refractivity contribution >= 4 is 48.0 Å². The van der Waals surface area contributed by atoms with Gasteiger partial charge in [-0.05, 0) is 55.6 Å². The van der Waals surface area contributed by atoms with Crippen LogP contribution in [-0.2, 0) is 4.79 Å². The van der Waals surface area contributed by atoms with Gasteiger partial charge in [0, 0.05) is 35.9 Å². The fraction of sp³-hybridized carbons (Fsp3) is 0.381. The molecule has 0 spiro atoms. The summed E-state index contributed by atoms with van der Waals surface area (Å²) >= 11 is 0. The molecule has 4 rings (SSSR count). The van der Waals surface area contributed by atoms with Crippen molar-refractivity contribution in [3.63, 3.8) is 0 Å². The third-order valence-corrected chi connectivity index (χ3v) is 5.81. The van der Waals surface area contributed by atoms with Gasteiger partial charge in [-0.3, -0.25) is 14.6 Å². The van der Waals surface area contributed by atoms with E-state index in [2.05, 4.69) is 20.9 Å². The van der Waals surface area contributed by atoms with Crippen molar-refractivity contribution in [2.45, 2.75) is 25.7 Å². The van der Waals surface area contributed by atoms with Gasteiger partial charge in [0.1, 0.15) is 0 Å². The van der Waals surface area contributed by atoms with Crippen LogP contribution in [0.25, 0.3) is 0 Å². The number of pyridine rings is 1. The maximum absolute atomic E-state index is 13.1. The van der Waals surface area contributed by atoms with Crippen LogP contribution in [0.1, 0.15) is 36.0 Å². The fourth-order valence-corrected chi connectivity index (χ4v) is 4.33. The molecule has 0 radical (unpaired) electrons. The smallest absolute Gasteiger partial charge is 0.255 e. The first kappa shape index (κ1) is 23.1. The lowest BCUT2D eigenvalue weighted by Gasteiger charge is -2.37. The number of rotatable bonds is 4. The molecule has 1 aromatic carbocycles. The monoisotopic (exact) mass is 436 g/mol. The molecular weight excluding hydrogens is 411 g/mol. The van der Waals surface area contributed by atoms with Gasteiger partial charge < -0.3 is 16.0 Å². The summed E-state index contributed by atoms with van der Waals surface area (Å²) in [6.45, 7) is 1.68. The number of nitrogens with one attached hydrogen (secondary N) is 3. The third-order valence-electron chi connectivity index (χ3n) is 5.81. The number of halogens is 2. The Morgan fingerprint density at radius 3 is 2.52 bits per heavy atom. The topological polar surface area (TPSA) is 83.1 Å². The van der Waals surface area contributed by atoms with Crippen molar-refractivity contribution in [2.24, 2.45) is 11.3 Å². The Morgan fingerprint density at radius 1 is 1.03 bits per heavy atom. The molecule has 2 amide bonds. The van der Waals surface area contributed by atoms with Crippen LogP contribution in [-0.4, -0.2) is 29.9 Å². The van der Waals surface area contributed by atoms with Gasteiger partial charge in [-0.15, -0.1) is 24.8 Å². The molecule has 156 valence electrons. The summed E-state index contributed by atoms with van der Waals surface area (Å²) in [5, 5.41) is 9.36. The van der Waals surface area contributed by atoms with Crippen molar-refractivity contribution in [3.05, 3.63) is 54.4 Å². The van der Waals surface area contributed by atoms with E-state index in [4.69, 9.17) is 0 Å². The summed E-state index contributed by atoms with van der Waals surface area (Å²) in [6, 6.07) is 10.6. The average molecular weight is 437 g/mol. The van der Waals surface area contributed by atoms with Gasteiger partial charge in [-0.1, -0.05) is 18.9 Å². The Labute approximate surface area is 183 Å². The molecular formula is C21H26Cl2N4O2. The van der Waals surface area contributed by atoms with Crippen molar-refractivity contribution in [2.75, 3.05) is 23.7 Å². The summed E-state index contributed by atoms with van der Waals surface area (Å²) in [6.07, 6.45) is 7.53. The van der Waals surface area contributed by atoms with Crippen molar-refractivity contribution < 1.29 is 9.59 Å². The van der Waals surface area contributed by atoms with Crippen molar-refractivity contribution in [1.29, 1.82) is 0 Å². The molecule has 0 bridgehead atoms. The molecule has 2 fully saturated rings. The number of benzene rings is 1. The first-order chi connectivity index (χ1) is 13.2. The van der Waals surface area contributed by atoms with E-state index in [9.17, 15) is 9.59 Å². The molecule has 1 saturated carbocycles. The summed E-state index contributed by atoms with van der Waals surface area (Å²) < 4.78 is 0. The minimum Gasteiger partial charge on any atom is -0.325 e. The quantitative estimate of drug-likeness (QED) is 0.678. The second-order valence-corrected chi connectivity index (χ2v) is 7.45. The lowest BCUT2D eigenvalue weighted by atomic mass is 9.67. The van der Waals surface area contributed by atoms with Crippen LogP contribution in [0.15, 0.2) is 48.8 Å². The third kappa shape index (κ3) is 4.89. The fourth-order valence-electron chi connectivity index (χ4n) is 4.33. The zero-order valence-electron chi connectivity index (χ0n) is 16.0. The Hall–Kier alpha value is -2.15. The predicted molar refractivity (Wildman–Crippen MR) is 119 cm³/mol. The molecule has 0 unspecified atom stereocenters. The summed E-state index contributed by atoms with van der Waals surface area (Å²) in [5.74, 6) is 0.308. The van der Waals surface area contributed by atoms with E-state index in [-0.39, 0.29) is 42.0 Å². The van der Waals surface area contributed by atoms with Crippen molar-refractivity contribution in [1.82, 2.24) is 10.3 Å². The summed E-state index contributed by atoms with van der Waals surface area (Å²) in [5.41, 5.74) is 1.60. The molecule has 6 nitrogen and oxygen atoms in total. The zero-order valence-corrected chi connectivity index (χ0v) is 17.7. The number of anilines is 2. The molecule has 1 aromatic heterocycles. The maximum Gasteiger partial charge on any atom is 0.255 e. The highest BCUT2D eigenvalue weighted by Gasteiger charge is 2.49. The van der Waals surface area contributed by atoms with Gasteiger partial charge in [-0.2, -0.15) is 0 Å². The second-order valence-electron chi connectivity index (χ2n) is 7.45. The average Bonchev–Trinajstić information content (AvgIpc) is 3.14. The van der Waals surface area contributed by atoms with Crippen LogP contribution in [0.2, 0.25) is 0 Å². The first-order valence-electron chi connectivity index (χ1n) is 9.51. The van der Waals surface area contributed by atoms with E-state index in [1.165, 1.54) is 6.42 Å². The Balaban J connectivity index is 0.00000150. The molecule has 1 aliphatic carbocycles. The highest BCUT2D eigenvalue weighted by Crippen LogP contribution is 2.44. The van der Waals surface area contributed by atoms with E-state index in [0.717, 1.165) is 32.4 Å².